The molecule has 11 heteroatoms. The highest BCUT2D eigenvalue weighted by Gasteiger charge is 2.35. The Kier molecular flexibility index (Phi) is 10.2. The summed E-state index contributed by atoms with van der Waals surface area (Å²) < 4.78 is 17.1. The first-order valence-electron chi connectivity index (χ1n) is 18.2. The molecule has 0 N–H and O–H groups in total. The Balaban J connectivity index is 1.03. The van der Waals surface area contributed by atoms with Gasteiger partial charge in [0.2, 0.25) is 5.91 Å². The number of oxazole rings is 1. The Morgan fingerprint density at radius 2 is 1.65 bits per heavy atom. The van der Waals surface area contributed by atoms with Gasteiger partial charge in [0.05, 0.1) is 12.8 Å². The molecule has 7 rings (SSSR count). The predicted molar refractivity (Wildman–Crippen MR) is 186 cm³/mol. The van der Waals surface area contributed by atoms with Crippen LogP contribution in [0.25, 0.3) is 11.3 Å². The molecule has 0 atom stereocenters. The highest BCUT2D eigenvalue weighted by molar-refractivity contribution is 5.94. The molecule has 0 radical (unpaired) electrons. The third-order valence-corrected chi connectivity index (χ3v) is 11.1. The number of hydrogen-bond donors (Lipinski definition) is 0. The molecule has 4 heterocycles. The summed E-state index contributed by atoms with van der Waals surface area (Å²) in [6, 6.07) is 8.05. The maximum absolute atomic E-state index is 14.4. The fourth-order valence-electron chi connectivity index (χ4n) is 7.72. The van der Waals surface area contributed by atoms with E-state index in [1.165, 1.54) is 0 Å². The Morgan fingerprint density at radius 1 is 0.918 bits per heavy atom. The smallest absolute Gasteiger partial charge is 0.410 e. The van der Waals surface area contributed by atoms with E-state index in [0.717, 1.165) is 85.9 Å². The van der Waals surface area contributed by atoms with Gasteiger partial charge in [0, 0.05) is 67.9 Å². The van der Waals surface area contributed by atoms with Gasteiger partial charge in [-0.1, -0.05) is 0 Å². The van der Waals surface area contributed by atoms with Crippen LogP contribution in [0, 0.1) is 18.8 Å². The summed E-state index contributed by atoms with van der Waals surface area (Å²) in [7, 11) is 3.75. The van der Waals surface area contributed by atoms with Gasteiger partial charge >= 0.3 is 6.09 Å². The summed E-state index contributed by atoms with van der Waals surface area (Å²) in [5, 5.41) is 0. The number of nitrogens with zero attached hydrogens (tertiary/aromatic N) is 6. The lowest BCUT2D eigenvalue weighted by Crippen LogP contribution is -2.48. The van der Waals surface area contributed by atoms with Crippen molar-refractivity contribution in [3.8, 4) is 17.0 Å². The molecule has 0 unspecified atom stereocenters. The number of amides is 2. The van der Waals surface area contributed by atoms with Crippen LogP contribution in [0.15, 0.2) is 41.1 Å². The van der Waals surface area contributed by atoms with Crippen molar-refractivity contribution in [2.24, 2.45) is 11.8 Å². The van der Waals surface area contributed by atoms with Crippen LogP contribution in [0.1, 0.15) is 93.3 Å². The van der Waals surface area contributed by atoms with Gasteiger partial charge in [0.1, 0.15) is 29.6 Å². The van der Waals surface area contributed by atoms with Gasteiger partial charge in [0.15, 0.2) is 5.89 Å². The van der Waals surface area contributed by atoms with Gasteiger partial charge in [-0.25, -0.2) is 14.8 Å². The molecule has 3 aromatic heterocycles. The van der Waals surface area contributed by atoms with Crippen molar-refractivity contribution >= 4 is 17.8 Å². The van der Waals surface area contributed by atoms with Crippen LogP contribution in [-0.2, 0) is 9.53 Å². The molecule has 1 aliphatic heterocycles. The van der Waals surface area contributed by atoms with E-state index in [1.54, 1.807) is 24.5 Å². The number of rotatable bonds is 9. The summed E-state index contributed by atoms with van der Waals surface area (Å²) in [5.41, 5.74) is 3.73. The molecule has 0 spiro atoms. The van der Waals surface area contributed by atoms with Crippen LogP contribution in [0.5, 0.6) is 5.75 Å². The number of methoxy groups -OCH3 is 1. The number of hydrogen-bond acceptors (Lipinski definition) is 9. The summed E-state index contributed by atoms with van der Waals surface area (Å²) in [5.74, 6) is 3.44. The second-order valence-electron chi connectivity index (χ2n) is 14.6. The number of piperazine rings is 1. The first-order chi connectivity index (χ1) is 23.8. The van der Waals surface area contributed by atoms with Gasteiger partial charge in [-0.2, -0.15) is 0 Å². The molecule has 262 valence electrons. The van der Waals surface area contributed by atoms with Crippen LogP contribution >= 0.6 is 0 Å². The average molecular weight is 671 g/mol. The number of carbonyl (C=O) groups excluding carboxylic acids is 2. The van der Waals surface area contributed by atoms with Crippen molar-refractivity contribution in [2.45, 2.75) is 89.1 Å². The van der Waals surface area contributed by atoms with Gasteiger partial charge < -0.3 is 23.7 Å². The summed E-state index contributed by atoms with van der Waals surface area (Å²) in [6.07, 6.45) is 12.2. The third-order valence-electron chi connectivity index (χ3n) is 11.1. The lowest BCUT2D eigenvalue weighted by molar-refractivity contribution is -0.124. The van der Waals surface area contributed by atoms with Crippen molar-refractivity contribution in [1.29, 1.82) is 0 Å². The summed E-state index contributed by atoms with van der Waals surface area (Å²) >= 11 is 0. The van der Waals surface area contributed by atoms with E-state index in [9.17, 15) is 9.59 Å². The third kappa shape index (κ3) is 7.92. The molecule has 3 aliphatic carbocycles. The van der Waals surface area contributed by atoms with Crippen LogP contribution < -0.4 is 9.64 Å². The van der Waals surface area contributed by atoms with Crippen molar-refractivity contribution in [3.63, 3.8) is 0 Å². The van der Waals surface area contributed by atoms with Crippen LogP contribution in [0.2, 0.25) is 0 Å². The zero-order valence-corrected chi connectivity index (χ0v) is 29.2. The Bertz CT molecular complexity index is 1600. The molecule has 2 amide bonds. The Hall–Kier alpha value is -3.99. The van der Waals surface area contributed by atoms with Gasteiger partial charge in [-0.3, -0.25) is 14.7 Å². The standard InChI is InChI=1S/C38H50N6O5/c1-25-34(47-3)15-14-32(40-25)27-6-4-26(5-7-27)23-44(35-22-30(16-17-39-35)33-24-48-36(41-33)28-8-9-28)37(45)29-10-12-31(13-11-29)49-38(46)43-20-18-42(2)19-21-43/h14-17,22,24,26-29,31H,4-13,18-21,23H2,1-3H3/t26-,27-,29-,31-. The number of aryl methyl sites for hydroxylation is 1. The first kappa shape index (κ1) is 33.5. The van der Waals surface area contributed by atoms with E-state index in [4.69, 9.17) is 28.8 Å². The molecule has 4 aliphatic rings. The molecular weight excluding hydrogens is 620 g/mol. The molecule has 4 fully saturated rings. The van der Waals surface area contributed by atoms with E-state index < -0.39 is 0 Å². The molecule has 0 aromatic carbocycles. The highest BCUT2D eigenvalue weighted by atomic mass is 16.6. The van der Waals surface area contributed by atoms with E-state index in [1.807, 2.05) is 30.0 Å². The largest absolute Gasteiger partial charge is 0.495 e. The van der Waals surface area contributed by atoms with Crippen molar-refractivity contribution in [1.82, 2.24) is 24.8 Å². The molecule has 11 nitrogen and oxygen atoms in total. The van der Waals surface area contributed by atoms with Crippen LogP contribution in [0.3, 0.4) is 0 Å². The average Bonchev–Trinajstić information content (AvgIpc) is 3.86. The number of ether oxygens (including phenoxy) is 2. The normalized spacial score (nSPS) is 24.8. The molecule has 0 bridgehead atoms. The second-order valence-corrected chi connectivity index (χ2v) is 14.6. The summed E-state index contributed by atoms with van der Waals surface area (Å²) in [4.78, 5) is 47.6. The van der Waals surface area contributed by atoms with Gasteiger partial charge in [0.25, 0.3) is 0 Å². The minimum Gasteiger partial charge on any atom is -0.495 e. The highest BCUT2D eigenvalue weighted by Crippen LogP contribution is 2.41. The molecule has 1 saturated heterocycles. The zero-order valence-electron chi connectivity index (χ0n) is 29.2. The van der Waals surface area contributed by atoms with Crippen molar-refractivity contribution in [2.75, 3.05) is 51.8 Å². The number of aromatic nitrogens is 3. The lowest BCUT2D eigenvalue weighted by atomic mass is 9.79. The molecule has 3 saturated carbocycles. The first-order valence-corrected chi connectivity index (χ1v) is 18.2. The fourth-order valence-corrected chi connectivity index (χ4v) is 7.72. The van der Waals surface area contributed by atoms with E-state index in [2.05, 4.69) is 18.0 Å². The number of anilines is 1. The van der Waals surface area contributed by atoms with E-state index in [-0.39, 0.29) is 24.0 Å². The molecule has 49 heavy (non-hydrogen) atoms. The molecular formula is C38H50N6O5. The van der Waals surface area contributed by atoms with Gasteiger partial charge in [-0.05, 0) is 108 Å². The summed E-state index contributed by atoms with van der Waals surface area (Å²) in [6.45, 7) is 5.73. The SMILES string of the molecule is COc1ccc([C@H]2CC[C@H](CN(c3cc(-c4coc(C5CC5)n4)ccn3)C(=O)[C@H]3CC[C@H](OC(=O)N4CCN(C)CC4)CC3)CC2)nc1C. The van der Waals surface area contributed by atoms with Crippen LogP contribution in [-0.4, -0.2) is 89.7 Å². The minimum absolute atomic E-state index is 0.113. The van der Waals surface area contributed by atoms with Gasteiger partial charge in [-0.15, -0.1) is 0 Å². The van der Waals surface area contributed by atoms with Crippen molar-refractivity contribution < 1.29 is 23.5 Å². The number of pyridine rings is 2. The predicted octanol–water partition coefficient (Wildman–Crippen LogP) is 6.58. The Labute approximate surface area is 289 Å². The van der Waals surface area contributed by atoms with E-state index >= 15 is 0 Å². The number of carbonyl (C=O) groups is 2. The quantitative estimate of drug-likeness (QED) is 0.249. The van der Waals surface area contributed by atoms with Crippen LogP contribution in [0.4, 0.5) is 10.6 Å². The molecule has 3 aromatic rings. The second kappa shape index (κ2) is 14.9. The Morgan fingerprint density at radius 3 is 2.35 bits per heavy atom. The zero-order chi connectivity index (χ0) is 33.9. The van der Waals surface area contributed by atoms with Crippen molar-refractivity contribution in [3.05, 3.63) is 54.0 Å². The fraction of sp³-hybridized carbons (Fsp3) is 0.605. The minimum atomic E-state index is -0.223. The maximum atomic E-state index is 14.4. The number of likely N-dealkylation sites (N-methyl/N-ethyl adjacent to an activating group) is 1. The maximum Gasteiger partial charge on any atom is 0.410 e. The monoisotopic (exact) mass is 670 g/mol. The topological polar surface area (TPSA) is 114 Å². The lowest BCUT2D eigenvalue weighted by Gasteiger charge is -2.36. The van der Waals surface area contributed by atoms with E-state index in [0.29, 0.717) is 68.9 Å².